The minimum atomic E-state index is -0.829. The number of benzene rings is 2. The largest absolute Gasteiger partial charge is 0.386 e. The number of hydrogen-bond acceptors (Lipinski definition) is 3. The molecule has 0 bridgehead atoms. The minimum absolute atomic E-state index is 0. The van der Waals surface area contributed by atoms with E-state index < -0.39 is 6.10 Å². The van der Waals surface area contributed by atoms with Crippen molar-refractivity contribution in [1.82, 2.24) is 16.0 Å². The number of halogens is 3. The molecular weight excluding hydrogens is 526 g/mol. The summed E-state index contributed by atoms with van der Waals surface area (Å²) in [5.41, 5.74) is 1.22. The second-order valence-corrected chi connectivity index (χ2v) is 6.86. The van der Waals surface area contributed by atoms with Crippen molar-refractivity contribution in [2.24, 2.45) is 4.99 Å². The molecule has 4 N–H and O–H groups in total. The Morgan fingerprint density at radius 2 is 1.66 bits per heavy atom. The molecule has 1 unspecified atom stereocenters. The lowest BCUT2D eigenvalue weighted by molar-refractivity contribution is 0.0954. The van der Waals surface area contributed by atoms with Gasteiger partial charge in [0.1, 0.15) is 0 Å². The van der Waals surface area contributed by atoms with Crippen molar-refractivity contribution in [3.8, 4) is 0 Å². The molecule has 2 aromatic carbocycles. The highest BCUT2D eigenvalue weighted by Crippen LogP contribution is 2.23. The van der Waals surface area contributed by atoms with Gasteiger partial charge in [-0.1, -0.05) is 41.4 Å². The van der Waals surface area contributed by atoms with Crippen LogP contribution in [0.4, 0.5) is 0 Å². The van der Waals surface area contributed by atoms with E-state index in [1.807, 2.05) is 25.1 Å². The van der Waals surface area contributed by atoms with Crippen LogP contribution in [-0.2, 0) is 0 Å². The van der Waals surface area contributed by atoms with Crippen LogP contribution in [0.2, 0.25) is 10.0 Å². The summed E-state index contributed by atoms with van der Waals surface area (Å²) in [7, 11) is 0. The zero-order chi connectivity index (χ0) is 20.4. The molecule has 9 heteroatoms. The number of carbonyl (C=O) groups is 1. The van der Waals surface area contributed by atoms with Gasteiger partial charge in [0.15, 0.2) is 5.96 Å². The van der Waals surface area contributed by atoms with E-state index in [9.17, 15) is 9.90 Å². The van der Waals surface area contributed by atoms with Crippen molar-refractivity contribution in [3.05, 3.63) is 69.7 Å². The Hall–Kier alpha value is -1.55. The molecule has 0 fully saturated rings. The first kappa shape index (κ1) is 25.5. The number of nitrogens with zero attached hydrogens (tertiary/aromatic N) is 1. The number of amides is 1. The highest BCUT2D eigenvalue weighted by Gasteiger charge is 2.10. The van der Waals surface area contributed by atoms with Crippen LogP contribution in [0.15, 0.2) is 53.5 Å². The number of rotatable bonds is 8. The number of aliphatic imine (C=N–C) groups is 1. The third-order valence-electron chi connectivity index (χ3n) is 3.78. The van der Waals surface area contributed by atoms with Crippen LogP contribution < -0.4 is 16.0 Å². The molecular formula is C20H25Cl2IN4O2. The van der Waals surface area contributed by atoms with Crippen molar-refractivity contribution in [2.45, 2.75) is 13.0 Å². The number of guanidine groups is 1. The van der Waals surface area contributed by atoms with Crippen LogP contribution in [0.5, 0.6) is 0 Å². The topological polar surface area (TPSA) is 85.8 Å². The number of hydrogen-bond donors (Lipinski definition) is 4. The van der Waals surface area contributed by atoms with Gasteiger partial charge in [-0.2, -0.15) is 0 Å². The van der Waals surface area contributed by atoms with E-state index in [-0.39, 0.29) is 36.4 Å². The first-order chi connectivity index (χ1) is 13.5. The average Bonchev–Trinajstić information content (AvgIpc) is 2.68. The zero-order valence-electron chi connectivity index (χ0n) is 16.0. The molecule has 0 aromatic heterocycles. The quantitative estimate of drug-likeness (QED) is 0.175. The summed E-state index contributed by atoms with van der Waals surface area (Å²) in [5.74, 6) is 0.418. The molecule has 158 valence electrons. The fourth-order valence-electron chi connectivity index (χ4n) is 2.44. The molecule has 0 radical (unpaired) electrons. The zero-order valence-corrected chi connectivity index (χ0v) is 19.8. The fourth-order valence-corrected chi connectivity index (χ4v) is 2.98. The van der Waals surface area contributed by atoms with Gasteiger partial charge >= 0.3 is 0 Å². The SMILES string of the molecule is CCNC(=NCC(O)c1cc(Cl)cc(Cl)c1)NCCNC(=O)c1ccccc1.I. The molecule has 1 atom stereocenters. The average molecular weight is 551 g/mol. The molecule has 0 heterocycles. The van der Waals surface area contributed by atoms with E-state index >= 15 is 0 Å². The molecule has 0 aliphatic heterocycles. The van der Waals surface area contributed by atoms with Crippen LogP contribution in [0.1, 0.15) is 28.9 Å². The Labute approximate surface area is 198 Å². The maximum Gasteiger partial charge on any atom is 0.251 e. The van der Waals surface area contributed by atoms with Gasteiger partial charge in [-0.25, -0.2) is 0 Å². The van der Waals surface area contributed by atoms with Crippen LogP contribution >= 0.6 is 47.2 Å². The predicted octanol–water partition coefficient (Wildman–Crippen LogP) is 3.63. The molecule has 2 rings (SSSR count). The second kappa shape index (κ2) is 13.6. The Balaban J connectivity index is 0.00000420. The molecule has 1 amide bonds. The lowest BCUT2D eigenvalue weighted by Gasteiger charge is -2.14. The van der Waals surface area contributed by atoms with Gasteiger partial charge in [-0.05, 0) is 42.8 Å². The third kappa shape index (κ3) is 9.20. The maximum atomic E-state index is 12.0. The van der Waals surface area contributed by atoms with Crippen LogP contribution in [0.25, 0.3) is 0 Å². The van der Waals surface area contributed by atoms with Crippen LogP contribution in [-0.4, -0.2) is 43.2 Å². The van der Waals surface area contributed by atoms with Crippen LogP contribution in [0, 0.1) is 0 Å². The fraction of sp³-hybridized carbons (Fsp3) is 0.300. The molecule has 0 aliphatic carbocycles. The summed E-state index contributed by atoms with van der Waals surface area (Å²) < 4.78 is 0. The first-order valence-corrected chi connectivity index (χ1v) is 9.74. The molecule has 0 saturated carbocycles. The Morgan fingerprint density at radius 1 is 1.03 bits per heavy atom. The van der Waals surface area contributed by atoms with Gasteiger partial charge in [-0.15, -0.1) is 24.0 Å². The summed E-state index contributed by atoms with van der Waals surface area (Å²) in [6.45, 7) is 3.68. The van der Waals surface area contributed by atoms with Gasteiger partial charge in [0.05, 0.1) is 12.6 Å². The van der Waals surface area contributed by atoms with E-state index in [0.29, 0.717) is 46.8 Å². The molecule has 29 heavy (non-hydrogen) atoms. The molecule has 6 nitrogen and oxygen atoms in total. The van der Waals surface area contributed by atoms with Crippen molar-refractivity contribution in [1.29, 1.82) is 0 Å². The van der Waals surface area contributed by atoms with Gasteiger partial charge < -0.3 is 21.1 Å². The molecule has 2 aromatic rings. The minimum Gasteiger partial charge on any atom is -0.386 e. The van der Waals surface area contributed by atoms with E-state index in [4.69, 9.17) is 23.2 Å². The van der Waals surface area contributed by atoms with E-state index in [1.165, 1.54) is 0 Å². The first-order valence-electron chi connectivity index (χ1n) is 8.99. The molecule has 0 spiro atoms. The highest BCUT2D eigenvalue weighted by atomic mass is 127. The predicted molar refractivity (Wildman–Crippen MR) is 130 cm³/mol. The van der Waals surface area contributed by atoms with E-state index in [1.54, 1.807) is 30.3 Å². The smallest absolute Gasteiger partial charge is 0.251 e. The van der Waals surface area contributed by atoms with E-state index in [2.05, 4.69) is 20.9 Å². The Morgan fingerprint density at radius 3 is 2.28 bits per heavy atom. The van der Waals surface area contributed by atoms with Gasteiger partial charge in [0.2, 0.25) is 0 Å². The molecule has 0 aliphatic rings. The van der Waals surface area contributed by atoms with Crippen molar-refractivity contribution < 1.29 is 9.90 Å². The maximum absolute atomic E-state index is 12.0. The monoisotopic (exact) mass is 550 g/mol. The number of nitrogens with one attached hydrogen (secondary N) is 3. The normalized spacial score (nSPS) is 11.9. The van der Waals surface area contributed by atoms with Gasteiger partial charge in [0, 0.05) is 35.2 Å². The van der Waals surface area contributed by atoms with Crippen molar-refractivity contribution in [3.63, 3.8) is 0 Å². The number of aliphatic hydroxyl groups excluding tert-OH is 1. The van der Waals surface area contributed by atoms with E-state index in [0.717, 1.165) is 0 Å². The summed E-state index contributed by atoms with van der Waals surface area (Å²) in [6, 6.07) is 14.0. The third-order valence-corrected chi connectivity index (χ3v) is 4.21. The van der Waals surface area contributed by atoms with Gasteiger partial charge in [0.25, 0.3) is 5.91 Å². The van der Waals surface area contributed by atoms with Crippen molar-refractivity contribution >= 4 is 59.0 Å². The number of aliphatic hydroxyl groups is 1. The number of carbonyl (C=O) groups excluding carboxylic acids is 1. The Bertz CT molecular complexity index is 786. The van der Waals surface area contributed by atoms with Crippen LogP contribution in [0.3, 0.4) is 0 Å². The highest BCUT2D eigenvalue weighted by molar-refractivity contribution is 14.0. The lowest BCUT2D eigenvalue weighted by atomic mass is 10.1. The summed E-state index contributed by atoms with van der Waals surface area (Å²) in [6.07, 6.45) is -0.829. The standard InChI is InChI=1S/C20H24Cl2N4O2.HI/c1-2-23-20(25-9-8-24-19(28)14-6-4-3-5-7-14)26-13-18(27)15-10-16(21)12-17(22)11-15;/h3-7,10-12,18,27H,2,8-9,13H2,1H3,(H,24,28)(H2,23,25,26);1H. The molecule has 0 saturated heterocycles. The summed E-state index contributed by atoms with van der Waals surface area (Å²) in [4.78, 5) is 16.4. The van der Waals surface area contributed by atoms with Crippen molar-refractivity contribution in [2.75, 3.05) is 26.2 Å². The summed E-state index contributed by atoms with van der Waals surface area (Å²) >= 11 is 11.9. The van der Waals surface area contributed by atoms with Gasteiger partial charge in [-0.3, -0.25) is 9.79 Å². The summed E-state index contributed by atoms with van der Waals surface area (Å²) in [5, 5.41) is 20.3. The second-order valence-electron chi connectivity index (χ2n) is 5.99. The lowest BCUT2D eigenvalue weighted by Crippen LogP contribution is -2.41. The Kier molecular flexibility index (Phi) is 12.0.